The lowest BCUT2D eigenvalue weighted by Crippen LogP contribution is -2.50. The standard InChI is InChI=1S/C23H27N3O5/c1-4-5-6-16-7-9-17(10-8-16)24-21(27)14-25-19-12-11-18(26(29)30)13-20(19)31-22(15(2)3)23(25)28/h7-13,15,22H,4-6,14H2,1-3H3,(H,24,27). The maximum Gasteiger partial charge on any atom is 0.273 e. The number of hydrogen-bond donors (Lipinski definition) is 1. The predicted molar refractivity (Wildman–Crippen MR) is 118 cm³/mol. The Morgan fingerprint density at radius 2 is 1.94 bits per heavy atom. The van der Waals surface area contributed by atoms with Gasteiger partial charge in [0.1, 0.15) is 6.54 Å². The van der Waals surface area contributed by atoms with E-state index in [9.17, 15) is 19.7 Å². The zero-order chi connectivity index (χ0) is 22.5. The molecule has 164 valence electrons. The van der Waals surface area contributed by atoms with Crippen LogP contribution in [0, 0.1) is 16.0 Å². The van der Waals surface area contributed by atoms with Gasteiger partial charge in [-0.15, -0.1) is 0 Å². The Morgan fingerprint density at radius 3 is 2.55 bits per heavy atom. The first-order valence-electron chi connectivity index (χ1n) is 10.5. The summed E-state index contributed by atoms with van der Waals surface area (Å²) in [6.07, 6.45) is 2.40. The van der Waals surface area contributed by atoms with E-state index in [1.807, 2.05) is 38.1 Å². The Labute approximate surface area is 181 Å². The van der Waals surface area contributed by atoms with Gasteiger partial charge in [0.05, 0.1) is 16.7 Å². The summed E-state index contributed by atoms with van der Waals surface area (Å²) in [4.78, 5) is 37.6. The Morgan fingerprint density at radius 1 is 1.23 bits per heavy atom. The zero-order valence-corrected chi connectivity index (χ0v) is 18.0. The second-order valence-electron chi connectivity index (χ2n) is 7.96. The summed E-state index contributed by atoms with van der Waals surface area (Å²) in [6, 6.07) is 11.7. The lowest BCUT2D eigenvalue weighted by molar-refractivity contribution is -0.384. The van der Waals surface area contributed by atoms with Gasteiger partial charge in [-0.3, -0.25) is 24.6 Å². The van der Waals surface area contributed by atoms with Crippen molar-refractivity contribution < 1.29 is 19.2 Å². The van der Waals surface area contributed by atoms with E-state index in [1.54, 1.807) is 0 Å². The molecule has 2 amide bonds. The van der Waals surface area contributed by atoms with Crippen molar-refractivity contribution in [3.05, 3.63) is 58.1 Å². The third kappa shape index (κ3) is 5.20. The first kappa shape index (κ1) is 22.3. The second kappa shape index (κ2) is 9.59. The molecule has 0 aliphatic carbocycles. The Hall–Kier alpha value is -3.42. The minimum Gasteiger partial charge on any atom is -0.478 e. The molecular weight excluding hydrogens is 398 g/mol. The molecular formula is C23H27N3O5. The molecule has 1 unspecified atom stereocenters. The molecule has 1 aliphatic rings. The number of non-ortho nitro benzene ring substituents is 1. The van der Waals surface area contributed by atoms with Crippen LogP contribution in [0.25, 0.3) is 0 Å². The molecule has 1 N–H and O–H groups in total. The molecule has 1 aliphatic heterocycles. The van der Waals surface area contributed by atoms with E-state index in [-0.39, 0.29) is 35.7 Å². The van der Waals surface area contributed by atoms with Gasteiger partial charge in [0.2, 0.25) is 5.91 Å². The smallest absolute Gasteiger partial charge is 0.273 e. The lowest BCUT2D eigenvalue weighted by atomic mass is 10.0. The van der Waals surface area contributed by atoms with E-state index in [0.717, 1.165) is 19.3 Å². The van der Waals surface area contributed by atoms with Gasteiger partial charge >= 0.3 is 0 Å². The number of aryl methyl sites for hydroxylation is 1. The normalized spacial score (nSPS) is 15.4. The van der Waals surface area contributed by atoms with Gasteiger partial charge in [0.15, 0.2) is 11.9 Å². The summed E-state index contributed by atoms with van der Waals surface area (Å²) >= 11 is 0. The number of benzene rings is 2. The summed E-state index contributed by atoms with van der Waals surface area (Å²) in [5.74, 6) is -0.647. The molecule has 1 heterocycles. The molecule has 0 saturated heterocycles. The van der Waals surface area contributed by atoms with Crippen LogP contribution >= 0.6 is 0 Å². The number of unbranched alkanes of at least 4 members (excludes halogenated alkanes) is 1. The molecule has 2 aromatic carbocycles. The van der Waals surface area contributed by atoms with Crippen molar-refractivity contribution in [1.82, 2.24) is 0 Å². The zero-order valence-electron chi connectivity index (χ0n) is 18.0. The number of nitrogens with zero attached hydrogens (tertiary/aromatic N) is 2. The molecule has 0 spiro atoms. The minimum atomic E-state index is -0.819. The van der Waals surface area contributed by atoms with Gasteiger partial charge in [-0.05, 0) is 42.5 Å². The van der Waals surface area contributed by atoms with Crippen LogP contribution in [0.5, 0.6) is 5.75 Å². The fourth-order valence-electron chi connectivity index (χ4n) is 3.46. The molecule has 0 saturated carbocycles. The second-order valence-corrected chi connectivity index (χ2v) is 7.96. The number of nitrogens with one attached hydrogen (secondary N) is 1. The first-order chi connectivity index (χ1) is 14.8. The SMILES string of the molecule is CCCCc1ccc(NC(=O)CN2C(=O)C(C(C)C)Oc3cc([N+](=O)[O-])ccc32)cc1. The first-order valence-corrected chi connectivity index (χ1v) is 10.5. The fourth-order valence-corrected chi connectivity index (χ4v) is 3.46. The fraction of sp³-hybridized carbons (Fsp3) is 0.391. The summed E-state index contributed by atoms with van der Waals surface area (Å²) in [5, 5.41) is 13.9. The van der Waals surface area contributed by atoms with Crippen molar-refractivity contribution in [1.29, 1.82) is 0 Å². The molecule has 0 fully saturated rings. The highest BCUT2D eigenvalue weighted by atomic mass is 16.6. The number of fused-ring (bicyclic) bond motifs is 1. The van der Waals surface area contributed by atoms with E-state index in [1.165, 1.54) is 28.7 Å². The average Bonchev–Trinajstić information content (AvgIpc) is 2.74. The average molecular weight is 425 g/mol. The number of nitro groups is 1. The van der Waals surface area contributed by atoms with Crippen molar-refractivity contribution in [2.24, 2.45) is 5.92 Å². The lowest BCUT2D eigenvalue weighted by Gasteiger charge is -2.35. The summed E-state index contributed by atoms with van der Waals surface area (Å²) < 4.78 is 5.74. The Bertz CT molecular complexity index is 972. The molecule has 0 aromatic heterocycles. The number of hydrogen-bond acceptors (Lipinski definition) is 5. The maximum atomic E-state index is 13.0. The summed E-state index contributed by atoms with van der Waals surface area (Å²) in [7, 11) is 0. The van der Waals surface area contributed by atoms with Crippen molar-refractivity contribution >= 4 is 28.9 Å². The molecule has 8 heteroatoms. The third-order valence-corrected chi connectivity index (χ3v) is 5.17. The van der Waals surface area contributed by atoms with E-state index < -0.39 is 11.0 Å². The number of rotatable bonds is 8. The Balaban J connectivity index is 1.78. The number of carbonyl (C=O) groups excluding carboxylic acids is 2. The number of carbonyl (C=O) groups is 2. The quantitative estimate of drug-likeness (QED) is 0.501. The minimum absolute atomic E-state index is 0.136. The molecule has 2 aromatic rings. The van der Waals surface area contributed by atoms with Crippen LogP contribution in [0.3, 0.4) is 0 Å². The van der Waals surface area contributed by atoms with E-state index in [0.29, 0.717) is 11.4 Å². The van der Waals surface area contributed by atoms with E-state index in [4.69, 9.17) is 4.74 Å². The van der Waals surface area contributed by atoms with Crippen LogP contribution in [0.15, 0.2) is 42.5 Å². The van der Waals surface area contributed by atoms with Crippen molar-refractivity contribution in [3.8, 4) is 5.75 Å². The van der Waals surface area contributed by atoms with Crippen molar-refractivity contribution in [3.63, 3.8) is 0 Å². The van der Waals surface area contributed by atoms with Crippen LogP contribution in [0.2, 0.25) is 0 Å². The third-order valence-electron chi connectivity index (χ3n) is 5.17. The molecule has 0 bridgehead atoms. The van der Waals surface area contributed by atoms with Crippen molar-refractivity contribution in [2.75, 3.05) is 16.8 Å². The highest BCUT2D eigenvalue weighted by Gasteiger charge is 2.38. The molecule has 31 heavy (non-hydrogen) atoms. The van der Waals surface area contributed by atoms with Crippen molar-refractivity contribution in [2.45, 2.75) is 46.1 Å². The number of nitro benzene ring substituents is 1. The highest BCUT2D eigenvalue weighted by Crippen LogP contribution is 2.38. The Kier molecular flexibility index (Phi) is 6.89. The molecule has 0 radical (unpaired) electrons. The number of amides is 2. The monoisotopic (exact) mass is 425 g/mol. The number of ether oxygens (including phenoxy) is 1. The van der Waals surface area contributed by atoms with E-state index >= 15 is 0 Å². The van der Waals surface area contributed by atoms with Gasteiger partial charge in [0.25, 0.3) is 11.6 Å². The van der Waals surface area contributed by atoms with E-state index in [2.05, 4.69) is 12.2 Å². The molecule has 8 nitrogen and oxygen atoms in total. The van der Waals surface area contributed by atoms with Crippen LogP contribution in [0.1, 0.15) is 39.2 Å². The van der Waals surface area contributed by atoms with Crippen LogP contribution in [0.4, 0.5) is 17.1 Å². The van der Waals surface area contributed by atoms with Gasteiger partial charge in [0, 0.05) is 11.8 Å². The maximum absolute atomic E-state index is 13.0. The van der Waals surface area contributed by atoms with Gasteiger partial charge < -0.3 is 10.1 Å². The van der Waals surface area contributed by atoms with Gasteiger partial charge in [-0.25, -0.2) is 0 Å². The summed E-state index contributed by atoms with van der Waals surface area (Å²) in [5.41, 5.74) is 2.06. The largest absolute Gasteiger partial charge is 0.478 e. The highest BCUT2D eigenvalue weighted by molar-refractivity contribution is 6.06. The predicted octanol–water partition coefficient (Wildman–Crippen LogP) is 4.33. The van der Waals surface area contributed by atoms with Crippen LogP contribution < -0.4 is 15.0 Å². The van der Waals surface area contributed by atoms with Crippen LogP contribution in [-0.2, 0) is 16.0 Å². The summed E-state index contributed by atoms with van der Waals surface area (Å²) in [6.45, 7) is 5.57. The molecule has 3 rings (SSSR count). The number of anilines is 2. The molecule has 1 atom stereocenters. The van der Waals surface area contributed by atoms with Crippen LogP contribution in [-0.4, -0.2) is 29.4 Å². The topological polar surface area (TPSA) is 102 Å². The van der Waals surface area contributed by atoms with Gasteiger partial charge in [-0.2, -0.15) is 0 Å². The van der Waals surface area contributed by atoms with Gasteiger partial charge in [-0.1, -0.05) is 39.3 Å².